The average molecular weight is 260 g/mol. The molecule has 1 aromatic heterocycles. The van der Waals surface area contributed by atoms with Crippen LogP contribution < -0.4 is 10.2 Å². The van der Waals surface area contributed by atoms with E-state index >= 15 is 0 Å². The molecule has 0 unspecified atom stereocenters. The van der Waals surface area contributed by atoms with Gasteiger partial charge in [0, 0.05) is 31.5 Å². The van der Waals surface area contributed by atoms with E-state index in [1.165, 1.54) is 12.1 Å². The van der Waals surface area contributed by atoms with Gasteiger partial charge in [0.2, 0.25) is 0 Å². The predicted molar refractivity (Wildman–Crippen MR) is 74.8 cm³/mol. The second-order valence-electron chi connectivity index (χ2n) is 4.39. The Morgan fingerprint density at radius 3 is 2.53 bits per heavy atom. The van der Waals surface area contributed by atoms with Crippen molar-refractivity contribution in [1.82, 2.24) is 9.97 Å². The van der Waals surface area contributed by atoms with Gasteiger partial charge in [0.25, 0.3) is 0 Å². The molecule has 5 heteroatoms. The van der Waals surface area contributed by atoms with Crippen LogP contribution >= 0.6 is 0 Å². The SMILES string of the molecule is CNc1cc(C)nc(CN(C)c2ccc(F)cc2)n1. The summed E-state index contributed by atoms with van der Waals surface area (Å²) in [7, 11) is 3.76. The Labute approximate surface area is 112 Å². The van der Waals surface area contributed by atoms with Gasteiger partial charge in [-0.1, -0.05) is 0 Å². The minimum absolute atomic E-state index is 0.235. The van der Waals surface area contributed by atoms with E-state index in [9.17, 15) is 4.39 Å². The van der Waals surface area contributed by atoms with Crippen molar-refractivity contribution >= 4 is 11.5 Å². The summed E-state index contributed by atoms with van der Waals surface area (Å²) in [6.45, 7) is 2.51. The molecule has 2 rings (SSSR count). The van der Waals surface area contributed by atoms with Crippen LogP contribution in [0.3, 0.4) is 0 Å². The van der Waals surface area contributed by atoms with Crippen LogP contribution in [0.2, 0.25) is 0 Å². The van der Waals surface area contributed by atoms with E-state index in [1.54, 1.807) is 12.1 Å². The summed E-state index contributed by atoms with van der Waals surface area (Å²) >= 11 is 0. The van der Waals surface area contributed by atoms with Crippen LogP contribution in [0.5, 0.6) is 0 Å². The van der Waals surface area contributed by atoms with Crippen molar-refractivity contribution in [3.8, 4) is 0 Å². The van der Waals surface area contributed by atoms with E-state index in [1.807, 2.05) is 32.0 Å². The van der Waals surface area contributed by atoms with Crippen molar-refractivity contribution in [2.75, 3.05) is 24.3 Å². The van der Waals surface area contributed by atoms with E-state index in [-0.39, 0.29) is 5.82 Å². The lowest BCUT2D eigenvalue weighted by molar-refractivity contribution is 0.627. The van der Waals surface area contributed by atoms with Crippen molar-refractivity contribution in [2.45, 2.75) is 13.5 Å². The smallest absolute Gasteiger partial charge is 0.150 e. The van der Waals surface area contributed by atoms with E-state index in [2.05, 4.69) is 15.3 Å². The van der Waals surface area contributed by atoms with Gasteiger partial charge in [-0.15, -0.1) is 0 Å². The molecular formula is C14H17FN4. The molecule has 0 saturated carbocycles. The first-order valence-corrected chi connectivity index (χ1v) is 6.07. The highest BCUT2D eigenvalue weighted by atomic mass is 19.1. The normalized spacial score (nSPS) is 10.3. The van der Waals surface area contributed by atoms with Crippen molar-refractivity contribution in [3.63, 3.8) is 0 Å². The third-order valence-corrected chi connectivity index (χ3v) is 2.80. The van der Waals surface area contributed by atoms with Gasteiger partial charge >= 0.3 is 0 Å². The van der Waals surface area contributed by atoms with E-state index in [0.29, 0.717) is 6.54 Å². The summed E-state index contributed by atoms with van der Waals surface area (Å²) in [6, 6.07) is 8.26. The molecule has 0 radical (unpaired) electrons. The summed E-state index contributed by atoms with van der Waals surface area (Å²) in [5, 5.41) is 3.01. The third kappa shape index (κ3) is 3.40. The Kier molecular flexibility index (Phi) is 3.94. The summed E-state index contributed by atoms with van der Waals surface area (Å²) in [5.41, 5.74) is 1.85. The fraction of sp³-hybridized carbons (Fsp3) is 0.286. The van der Waals surface area contributed by atoms with Crippen molar-refractivity contribution < 1.29 is 4.39 Å². The van der Waals surface area contributed by atoms with Crippen LogP contribution in [0.25, 0.3) is 0 Å². The van der Waals surface area contributed by atoms with Gasteiger partial charge in [-0.25, -0.2) is 14.4 Å². The molecule has 0 fully saturated rings. The molecule has 4 nitrogen and oxygen atoms in total. The van der Waals surface area contributed by atoms with Crippen LogP contribution in [-0.4, -0.2) is 24.1 Å². The number of hydrogen-bond acceptors (Lipinski definition) is 4. The number of benzene rings is 1. The standard InChI is InChI=1S/C14H17FN4/c1-10-8-13(16-2)18-14(17-10)9-19(3)12-6-4-11(15)5-7-12/h4-8H,9H2,1-3H3,(H,16,17,18). The molecule has 0 saturated heterocycles. The Bertz CT molecular complexity index is 554. The number of rotatable bonds is 4. The first kappa shape index (κ1) is 13.3. The Morgan fingerprint density at radius 1 is 1.21 bits per heavy atom. The highest BCUT2D eigenvalue weighted by molar-refractivity contribution is 5.45. The molecule has 0 atom stereocenters. The Hall–Kier alpha value is -2.17. The number of aromatic nitrogens is 2. The number of aryl methyl sites for hydroxylation is 1. The van der Waals surface area contributed by atoms with Crippen LogP contribution in [0.15, 0.2) is 30.3 Å². The summed E-state index contributed by atoms with van der Waals surface area (Å²) in [4.78, 5) is 10.8. The molecule has 0 aliphatic carbocycles. The zero-order valence-corrected chi connectivity index (χ0v) is 11.3. The van der Waals surface area contributed by atoms with Gasteiger partial charge in [0.05, 0.1) is 6.54 Å². The fourth-order valence-electron chi connectivity index (χ4n) is 1.83. The van der Waals surface area contributed by atoms with Crippen molar-refractivity contribution in [2.24, 2.45) is 0 Å². The van der Waals surface area contributed by atoms with Crippen LogP contribution in [0.1, 0.15) is 11.5 Å². The highest BCUT2D eigenvalue weighted by Gasteiger charge is 2.06. The molecule has 0 aliphatic heterocycles. The van der Waals surface area contributed by atoms with Crippen LogP contribution in [-0.2, 0) is 6.54 Å². The zero-order valence-electron chi connectivity index (χ0n) is 11.3. The molecule has 0 aliphatic rings. The largest absolute Gasteiger partial charge is 0.373 e. The second kappa shape index (κ2) is 5.65. The zero-order chi connectivity index (χ0) is 13.8. The molecule has 1 heterocycles. The molecule has 0 amide bonds. The molecule has 1 N–H and O–H groups in total. The topological polar surface area (TPSA) is 41.1 Å². The van der Waals surface area contributed by atoms with E-state index in [4.69, 9.17) is 0 Å². The van der Waals surface area contributed by atoms with Crippen LogP contribution in [0.4, 0.5) is 15.9 Å². The quantitative estimate of drug-likeness (QED) is 0.917. The van der Waals surface area contributed by atoms with Gasteiger partial charge in [-0.3, -0.25) is 0 Å². The van der Waals surface area contributed by atoms with E-state index < -0.39 is 0 Å². The molecule has 100 valence electrons. The lowest BCUT2D eigenvalue weighted by atomic mass is 10.3. The number of nitrogens with one attached hydrogen (secondary N) is 1. The minimum atomic E-state index is -0.235. The van der Waals surface area contributed by atoms with Gasteiger partial charge < -0.3 is 10.2 Å². The fourth-order valence-corrected chi connectivity index (χ4v) is 1.83. The molecule has 1 aromatic carbocycles. The second-order valence-corrected chi connectivity index (χ2v) is 4.39. The van der Waals surface area contributed by atoms with Gasteiger partial charge in [0.1, 0.15) is 17.5 Å². The first-order valence-electron chi connectivity index (χ1n) is 6.07. The monoisotopic (exact) mass is 260 g/mol. The van der Waals surface area contributed by atoms with Crippen molar-refractivity contribution in [1.29, 1.82) is 0 Å². The number of halogens is 1. The van der Waals surface area contributed by atoms with Crippen molar-refractivity contribution in [3.05, 3.63) is 47.7 Å². The lowest BCUT2D eigenvalue weighted by Crippen LogP contribution is -2.18. The molecular weight excluding hydrogens is 243 g/mol. The lowest BCUT2D eigenvalue weighted by Gasteiger charge is -2.18. The Morgan fingerprint density at radius 2 is 1.89 bits per heavy atom. The average Bonchev–Trinajstić information content (AvgIpc) is 2.38. The van der Waals surface area contributed by atoms with Crippen LogP contribution in [0, 0.1) is 12.7 Å². The summed E-state index contributed by atoms with van der Waals surface area (Å²) in [5.74, 6) is 1.30. The minimum Gasteiger partial charge on any atom is -0.373 e. The number of anilines is 2. The molecule has 0 bridgehead atoms. The highest BCUT2D eigenvalue weighted by Crippen LogP contribution is 2.15. The third-order valence-electron chi connectivity index (χ3n) is 2.80. The molecule has 19 heavy (non-hydrogen) atoms. The molecule has 0 spiro atoms. The Balaban J connectivity index is 2.16. The van der Waals surface area contributed by atoms with Gasteiger partial charge in [0.15, 0.2) is 0 Å². The summed E-state index contributed by atoms with van der Waals surface area (Å²) in [6.07, 6.45) is 0. The number of nitrogens with zero attached hydrogens (tertiary/aromatic N) is 3. The predicted octanol–water partition coefficient (Wildman–Crippen LogP) is 2.60. The van der Waals surface area contributed by atoms with Gasteiger partial charge in [-0.2, -0.15) is 0 Å². The van der Waals surface area contributed by atoms with E-state index in [0.717, 1.165) is 23.0 Å². The number of hydrogen-bond donors (Lipinski definition) is 1. The summed E-state index contributed by atoms with van der Waals surface area (Å²) < 4.78 is 12.9. The maximum atomic E-state index is 12.9. The molecule has 2 aromatic rings. The maximum absolute atomic E-state index is 12.9. The first-order chi connectivity index (χ1) is 9.08. The maximum Gasteiger partial charge on any atom is 0.150 e. The van der Waals surface area contributed by atoms with Gasteiger partial charge in [-0.05, 0) is 31.2 Å².